The number of hydrogen-bond donors (Lipinski definition) is 3. The fourth-order valence-corrected chi connectivity index (χ4v) is 6.18. The van der Waals surface area contributed by atoms with Crippen molar-refractivity contribution in [3.8, 4) is 0 Å². The van der Waals surface area contributed by atoms with Crippen LogP contribution in [0.3, 0.4) is 0 Å². The van der Waals surface area contributed by atoms with E-state index in [1.807, 2.05) is 6.08 Å². The SMILES string of the molecule is CCCCCCCCCCCCCCCC(=O)O[C@H](COC(=O)CCCCCCC/C=C\C=C\C(=O)CCCCC)COP(=O)(O)OC[C@@H](O)CO. The standard InChI is InChI=1S/C40H73O11P/c1-3-5-7-8-9-10-11-12-13-16-20-23-27-31-40(45)51-38(35-50-52(46,47)49-33-37(43)32-41)34-48-39(44)30-26-22-19-17-14-15-18-21-25-29-36(42)28-24-6-4-2/h18,21,25,29,37-38,41,43H,3-17,19-20,22-24,26-28,30-35H2,1-2H3,(H,46,47)/b21-18-,29-25+/t37-,38+/m0/s1. The van der Waals surface area contributed by atoms with E-state index < -0.39 is 51.8 Å². The number of hydrogen-bond acceptors (Lipinski definition) is 10. The Morgan fingerprint density at radius 3 is 1.67 bits per heavy atom. The monoisotopic (exact) mass is 760 g/mol. The van der Waals surface area contributed by atoms with Crippen molar-refractivity contribution in [1.29, 1.82) is 0 Å². The number of ether oxygens (including phenoxy) is 2. The Balaban J connectivity index is 4.39. The van der Waals surface area contributed by atoms with Crippen molar-refractivity contribution in [3.63, 3.8) is 0 Å². The van der Waals surface area contributed by atoms with Crippen molar-refractivity contribution < 1.29 is 52.6 Å². The summed E-state index contributed by atoms with van der Waals surface area (Å²) in [6.07, 6.45) is 29.8. The second-order valence-corrected chi connectivity index (χ2v) is 15.2. The van der Waals surface area contributed by atoms with E-state index in [-0.39, 0.29) is 25.2 Å². The van der Waals surface area contributed by atoms with Crippen LogP contribution in [-0.2, 0) is 37.5 Å². The second-order valence-electron chi connectivity index (χ2n) is 13.7. The van der Waals surface area contributed by atoms with E-state index in [1.54, 1.807) is 12.2 Å². The molecular weight excluding hydrogens is 687 g/mol. The highest BCUT2D eigenvalue weighted by Gasteiger charge is 2.27. The number of aliphatic hydroxyl groups excluding tert-OH is 2. The summed E-state index contributed by atoms with van der Waals surface area (Å²) in [6.45, 7) is 2.17. The first-order valence-electron chi connectivity index (χ1n) is 20.2. The van der Waals surface area contributed by atoms with Crippen LogP contribution in [0.5, 0.6) is 0 Å². The van der Waals surface area contributed by atoms with Crippen molar-refractivity contribution in [3.05, 3.63) is 24.3 Å². The molecule has 1 unspecified atom stereocenters. The lowest BCUT2D eigenvalue weighted by Crippen LogP contribution is -2.29. The van der Waals surface area contributed by atoms with E-state index in [1.165, 1.54) is 57.8 Å². The molecule has 0 spiro atoms. The molecule has 0 fully saturated rings. The van der Waals surface area contributed by atoms with Gasteiger partial charge in [-0.2, -0.15) is 0 Å². The van der Waals surface area contributed by atoms with Crippen LogP contribution in [0.4, 0.5) is 0 Å². The molecule has 0 saturated heterocycles. The van der Waals surface area contributed by atoms with Gasteiger partial charge >= 0.3 is 19.8 Å². The molecule has 3 atom stereocenters. The average Bonchev–Trinajstić information content (AvgIpc) is 3.12. The largest absolute Gasteiger partial charge is 0.472 e. The van der Waals surface area contributed by atoms with Gasteiger partial charge in [-0.25, -0.2) is 4.57 Å². The molecule has 11 nitrogen and oxygen atoms in total. The zero-order valence-electron chi connectivity index (χ0n) is 32.5. The third-order valence-electron chi connectivity index (χ3n) is 8.58. The molecule has 0 aromatic heterocycles. The third kappa shape index (κ3) is 35.2. The summed E-state index contributed by atoms with van der Waals surface area (Å²) < 4.78 is 32.6. The van der Waals surface area contributed by atoms with Crippen LogP contribution in [0.1, 0.15) is 174 Å². The van der Waals surface area contributed by atoms with E-state index >= 15 is 0 Å². The molecule has 0 aliphatic carbocycles. The Morgan fingerprint density at radius 1 is 0.615 bits per heavy atom. The predicted octanol–water partition coefficient (Wildman–Crippen LogP) is 9.40. The molecule has 0 aromatic carbocycles. The first-order valence-corrected chi connectivity index (χ1v) is 21.7. The number of aliphatic hydroxyl groups is 2. The van der Waals surface area contributed by atoms with E-state index in [2.05, 4.69) is 24.4 Å². The van der Waals surface area contributed by atoms with Crippen LogP contribution in [0.25, 0.3) is 0 Å². The van der Waals surface area contributed by atoms with E-state index in [9.17, 15) is 28.9 Å². The Hall–Kier alpha value is -1.88. The Bertz CT molecular complexity index is 985. The second kappa shape index (κ2) is 36.1. The van der Waals surface area contributed by atoms with Crippen molar-refractivity contribution in [2.24, 2.45) is 0 Å². The first-order chi connectivity index (χ1) is 25.1. The number of rotatable bonds is 38. The number of allylic oxidation sites excluding steroid dienone is 4. The van der Waals surface area contributed by atoms with Crippen molar-refractivity contribution in [2.45, 2.75) is 187 Å². The zero-order valence-corrected chi connectivity index (χ0v) is 33.4. The van der Waals surface area contributed by atoms with Gasteiger partial charge in [0.15, 0.2) is 11.9 Å². The number of unbranched alkanes of at least 4 members (excludes halogenated alkanes) is 19. The van der Waals surface area contributed by atoms with E-state index in [4.69, 9.17) is 19.1 Å². The summed E-state index contributed by atoms with van der Waals surface area (Å²) in [5, 5.41) is 18.3. The predicted molar refractivity (Wildman–Crippen MR) is 206 cm³/mol. The summed E-state index contributed by atoms with van der Waals surface area (Å²) in [5.74, 6) is -0.816. The Labute approximate surface area is 314 Å². The molecule has 0 aromatic rings. The number of phosphoric acid groups is 1. The van der Waals surface area contributed by atoms with Gasteiger partial charge in [0.1, 0.15) is 12.7 Å². The van der Waals surface area contributed by atoms with Gasteiger partial charge in [-0.3, -0.25) is 23.4 Å². The Morgan fingerprint density at radius 2 is 1.10 bits per heavy atom. The third-order valence-corrected chi connectivity index (χ3v) is 9.54. The molecule has 52 heavy (non-hydrogen) atoms. The maximum atomic E-state index is 12.6. The van der Waals surface area contributed by atoms with Crippen molar-refractivity contribution >= 4 is 25.5 Å². The molecule has 12 heteroatoms. The maximum Gasteiger partial charge on any atom is 0.472 e. The summed E-state index contributed by atoms with van der Waals surface area (Å²) in [4.78, 5) is 46.6. The van der Waals surface area contributed by atoms with Gasteiger partial charge in [0, 0.05) is 19.3 Å². The van der Waals surface area contributed by atoms with Gasteiger partial charge in [0.05, 0.1) is 19.8 Å². The fraction of sp³-hybridized carbons (Fsp3) is 0.825. The number of carbonyl (C=O) groups is 3. The molecular formula is C40H73O11P. The summed E-state index contributed by atoms with van der Waals surface area (Å²) in [7, 11) is -4.63. The molecule has 304 valence electrons. The zero-order chi connectivity index (χ0) is 38.5. The summed E-state index contributed by atoms with van der Waals surface area (Å²) in [5.41, 5.74) is 0. The average molecular weight is 761 g/mol. The van der Waals surface area contributed by atoms with Crippen LogP contribution in [0, 0.1) is 0 Å². The highest BCUT2D eigenvalue weighted by atomic mass is 31.2. The number of phosphoric ester groups is 1. The number of ketones is 1. The van der Waals surface area contributed by atoms with Gasteiger partial charge < -0.3 is 24.6 Å². The molecule has 0 heterocycles. The van der Waals surface area contributed by atoms with Gasteiger partial charge in [-0.15, -0.1) is 0 Å². The van der Waals surface area contributed by atoms with Gasteiger partial charge in [-0.05, 0) is 38.2 Å². The van der Waals surface area contributed by atoms with Gasteiger partial charge in [-0.1, -0.05) is 141 Å². The van der Waals surface area contributed by atoms with E-state index in [0.29, 0.717) is 19.3 Å². The van der Waals surface area contributed by atoms with E-state index in [0.717, 1.165) is 70.6 Å². The minimum atomic E-state index is -4.63. The molecule has 0 aliphatic rings. The molecule has 0 saturated carbocycles. The number of esters is 2. The van der Waals surface area contributed by atoms with Crippen LogP contribution >= 0.6 is 7.82 Å². The lowest BCUT2D eigenvalue weighted by atomic mass is 10.0. The fourth-order valence-electron chi connectivity index (χ4n) is 5.39. The molecule has 0 bridgehead atoms. The molecule has 0 aliphatic heterocycles. The van der Waals surface area contributed by atoms with Crippen LogP contribution in [0.15, 0.2) is 24.3 Å². The first kappa shape index (κ1) is 50.1. The molecule has 3 N–H and O–H groups in total. The summed E-state index contributed by atoms with van der Waals surface area (Å²) in [6, 6.07) is 0. The molecule has 0 amide bonds. The minimum Gasteiger partial charge on any atom is -0.462 e. The van der Waals surface area contributed by atoms with Gasteiger partial charge in [0.25, 0.3) is 0 Å². The lowest BCUT2D eigenvalue weighted by Gasteiger charge is -2.20. The van der Waals surface area contributed by atoms with Gasteiger partial charge in [0.2, 0.25) is 0 Å². The highest BCUT2D eigenvalue weighted by Crippen LogP contribution is 2.43. The Kier molecular flexibility index (Phi) is 34.8. The molecule has 0 radical (unpaired) electrons. The summed E-state index contributed by atoms with van der Waals surface area (Å²) >= 11 is 0. The topological polar surface area (TPSA) is 166 Å². The number of carbonyl (C=O) groups excluding carboxylic acids is 3. The van der Waals surface area contributed by atoms with Crippen molar-refractivity contribution in [2.75, 3.05) is 26.4 Å². The quantitative estimate of drug-likeness (QED) is 0.0180. The maximum absolute atomic E-state index is 12.6. The van der Waals surface area contributed by atoms with Crippen molar-refractivity contribution in [1.82, 2.24) is 0 Å². The van der Waals surface area contributed by atoms with Crippen LogP contribution < -0.4 is 0 Å². The molecule has 0 rings (SSSR count). The lowest BCUT2D eigenvalue weighted by molar-refractivity contribution is -0.161. The normalized spacial score (nSPS) is 14.1. The van der Waals surface area contributed by atoms with Crippen LogP contribution in [0.2, 0.25) is 0 Å². The highest BCUT2D eigenvalue weighted by molar-refractivity contribution is 7.47. The minimum absolute atomic E-state index is 0.166. The smallest absolute Gasteiger partial charge is 0.462 e. The van der Waals surface area contributed by atoms with Crippen LogP contribution in [-0.4, -0.2) is 71.5 Å².